The molecular formula is C10H8F2N2. The normalized spacial score (nSPS) is 10.8. The summed E-state index contributed by atoms with van der Waals surface area (Å²) in [5.74, 6) is -1.43. The van der Waals surface area contributed by atoms with Crippen molar-refractivity contribution in [3.8, 4) is 0 Å². The van der Waals surface area contributed by atoms with Crippen LogP contribution in [0.15, 0.2) is 18.2 Å². The van der Waals surface area contributed by atoms with Crippen molar-refractivity contribution in [2.75, 3.05) is 5.73 Å². The van der Waals surface area contributed by atoms with Gasteiger partial charge in [-0.05, 0) is 24.4 Å². The summed E-state index contributed by atoms with van der Waals surface area (Å²) in [6.07, 6.45) is 0. The third kappa shape index (κ3) is 1.19. The lowest BCUT2D eigenvalue weighted by Crippen LogP contribution is -1.96. The summed E-state index contributed by atoms with van der Waals surface area (Å²) in [5.41, 5.74) is 5.89. The highest BCUT2D eigenvalue weighted by Crippen LogP contribution is 2.23. The number of hydrogen-bond acceptors (Lipinski definition) is 2. The third-order valence-electron chi connectivity index (χ3n) is 2.09. The fourth-order valence-corrected chi connectivity index (χ4v) is 1.49. The largest absolute Gasteiger partial charge is 0.384 e. The van der Waals surface area contributed by atoms with Crippen molar-refractivity contribution in [3.63, 3.8) is 0 Å². The van der Waals surface area contributed by atoms with Gasteiger partial charge in [0, 0.05) is 5.39 Å². The van der Waals surface area contributed by atoms with Gasteiger partial charge in [-0.15, -0.1) is 0 Å². The predicted molar refractivity (Wildman–Crippen MR) is 50.8 cm³/mol. The zero-order valence-electron chi connectivity index (χ0n) is 7.51. The fourth-order valence-electron chi connectivity index (χ4n) is 1.49. The third-order valence-corrected chi connectivity index (χ3v) is 2.09. The van der Waals surface area contributed by atoms with Crippen LogP contribution in [0.5, 0.6) is 0 Å². The number of halogens is 2. The van der Waals surface area contributed by atoms with Crippen LogP contribution in [0.25, 0.3) is 10.8 Å². The molecule has 1 heterocycles. The number of aryl methyl sites for hydroxylation is 1. The number of benzene rings is 1. The van der Waals surface area contributed by atoms with Crippen LogP contribution in [0.4, 0.5) is 14.6 Å². The first-order valence-electron chi connectivity index (χ1n) is 4.10. The number of rotatable bonds is 0. The lowest BCUT2D eigenvalue weighted by molar-refractivity contribution is 0.516. The Hall–Kier alpha value is -1.71. The van der Waals surface area contributed by atoms with Gasteiger partial charge in [-0.3, -0.25) is 0 Å². The monoisotopic (exact) mass is 194 g/mol. The maximum Gasteiger partial charge on any atom is 0.168 e. The van der Waals surface area contributed by atoms with Crippen molar-refractivity contribution in [1.82, 2.24) is 4.98 Å². The molecular weight excluding hydrogens is 186 g/mol. The minimum atomic E-state index is -0.868. The van der Waals surface area contributed by atoms with Gasteiger partial charge in [0.1, 0.15) is 5.82 Å². The van der Waals surface area contributed by atoms with Gasteiger partial charge in [0.25, 0.3) is 0 Å². The van der Waals surface area contributed by atoms with Crippen LogP contribution < -0.4 is 5.73 Å². The summed E-state index contributed by atoms with van der Waals surface area (Å²) in [5, 5.41) is 0.758. The number of fused-ring (bicyclic) bond motifs is 1. The lowest BCUT2D eigenvalue weighted by Gasteiger charge is -2.04. The van der Waals surface area contributed by atoms with E-state index in [-0.39, 0.29) is 5.39 Å². The zero-order valence-corrected chi connectivity index (χ0v) is 7.51. The van der Waals surface area contributed by atoms with E-state index >= 15 is 0 Å². The molecule has 0 spiro atoms. The summed E-state index contributed by atoms with van der Waals surface area (Å²) in [6.45, 7) is 1.60. The predicted octanol–water partition coefficient (Wildman–Crippen LogP) is 2.40. The van der Waals surface area contributed by atoms with Crippen molar-refractivity contribution in [1.29, 1.82) is 0 Å². The van der Waals surface area contributed by atoms with E-state index < -0.39 is 11.6 Å². The summed E-state index contributed by atoms with van der Waals surface area (Å²) >= 11 is 0. The van der Waals surface area contributed by atoms with Crippen molar-refractivity contribution in [2.24, 2.45) is 0 Å². The second-order valence-electron chi connectivity index (χ2n) is 3.09. The number of nitrogen functional groups attached to an aromatic ring is 1. The van der Waals surface area contributed by atoms with Gasteiger partial charge in [0.15, 0.2) is 11.6 Å². The summed E-state index contributed by atoms with van der Waals surface area (Å²) in [4.78, 5) is 3.87. The van der Waals surface area contributed by atoms with Crippen LogP contribution in [-0.4, -0.2) is 4.98 Å². The molecule has 1 aromatic heterocycles. The van der Waals surface area contributed by atoms with Crippen molar-refractivity contribution >= 4 is 16.6 Å². The average Bonchev–Trinajstić information content (AvgIpc) is 2.10. The molecule has 2 rings (SSSR count). The van der Waals surface area contributed by atoms with Crippen LogP contribution in [0.2, 0.25) is 0 Å². The fraction of sp³-hybridized carbons (Fsp3) is 0.100. The van der Waals surface area contributed by atoms with Crippen LogP contribution in [0.3, 0.4) is 0 Å². The highest BCUT2D eigenvalue weighted by atomic mass is 19.2. The molecule has 0 aliphatic rings. The van der Waals surface area contributed by atoms with Gasteiger partial charge in [0.05, 0.1) is 5.69 Å². The average molecular weight is 194 g/mol. The number of anilines is 1. The Balaban J connectivity index is 2.95. The van der Waals surface area contributed by atoms with Crippen molar-refractivity contribution in [3.05, 3.63) is 35.5 Å². The van der Waals surface area contributed by atoms with E-state index in [1.807, 2.05) is 0 Å². The molecule has 0 unspecified atom stereocenters. The molecule has 1 aromatic carbocycles. The zero-order chi connectivity index (χ0) is 10.3. The minimum Gasteiger partial charge on any atom is -0.384 e. The maximum atomic E-state index is 13.3. The molecule has 0 saturated carbocycles. The van der Waals surface area contributed by atoms with E-state index in [9.17, 15) is 8.78 Å². The first kappa shape index (κ1) is 8.87. The highest BCUT2D eigenvalue weighted by molar-refractivity contribution is 5.86. The van der Waals surface area contributed by atoms with Crippen LogP contribution in [-0.2, 0) is 0 Å². The Morgan fingerprint density at radius 3 is 2.71 bits per heavy atom. The van der Waals surface area contributed by atoms with Gasteiger partial charge in [-0.1, -0.05) is 6.07 Å². The van der Waals surface area contributed by atoms with Gasteiger partial charge >= 0.3 is 0 Å². The van der Waals surface area contributed by atoms with Gasteiger partial charge in [-0.2, -0.15) is 0 Å². The quantitative estimate of drug-likeness (QED) is 0.699. The molecule has 0 amide bonds. The Morgan fingerprint density at radius 2 is 2.00 bits per heavy atom. The first-order valence-corrected chi connectivity index (χ1v) is 4.10. The molecule has 72 valence electrons. The molecule has 0 radical (unpaired) electrons. The molecule has 4 heteroatoms. The van der Waals surface area contributed by atoms with E-state index in [0.717, 1.165) is 6.07 Å². The number of hydrogen-bond donors (Lipinski definition) is 1. The van der Waals surface area contributed by atoms with Crippen LogP contribution in [0.1, 0.15) is 5.69 Å². The Morgan fingerprint density at radius 1 is 1.29 bits per heavy atom. The second kappa shape index (κ2) is 2.90. The van der Waals surface area contributed by atoms with E-state index in [1.165, 1.54) is 12.1 Å². The molecule has 0 bridgehead atoms. The number of aromatic nitrogens is 1. The Kier molecular flexibility index (Phi) is 1.84. The first-order chi connectivity index (χ1) is 6.59. The van der Waals surface area contributed by atoms with Crippen molar-refractivity contribution < 1.29 is 8.78 Å². The second-order valence-corrected chi connectivity index (χ2v) is 3.09. The van der Waals surface area contributed by atoms with E-state index in [0.29, 0.717) is 16.9 Å². The van der Waals surface area contributed by atoms with E-state index in [1.54, 1.807) is 6.92 Å². The molecule has 0 saturated heterocycles. The summed E-state index contributed by atoms with van der Waals surface area (Å²) < 4.78 is 26.2. The van der Waals surface area contributed by atoms with Crippen molar-refractivity contribution in [2.45, 2.75) is 6.92 Å². The van der Waals surface area contributed by atoms with Gasteiger partial charge in [0.2, 0.25) is 0 Å². The van der Waals surface area contributed by atoms with E-state index in [2.05, 4.69) is 4.98 Å². The number of nitrogens with zero attached hydrogens (tertiary/aromatic N) is 1. The standard InChI is InChI=1S/C10H8F2N2/c1-5-9-6(4-8(13)14-5)2-3-7(11)10(9)12/h2-4H,1H3,(H2,13,14). The summed E-state index contributed by atoms with van der Waals surface area (Å²) in [7, 11) is 0. The van der Waals surface area contributed by atoms with Crippen LogP contribution >= 0.6 is 0 Å². The van der Waals surface area contributed by atoms with Crippen LogP contribution in [0, 0.1) is 18.6 Å². The molecule has 2 aromatic rings. The topological polar surface area (TPSA) is 38.9 Å². The van der Waals surface area contributed by atoms with E-state index in [4.69, 9.17) is 5.73 Å². The number of pyridine rings is 1. The molecule has 14 heavy (non-hydrogen) atoms. The molecule has 0 fully saturated rings. The Labute approximate surface area is 79.4 Å². The molecule has 0 aliphatic carbocycles. The number of nitrogens with two attached hydrogens (primary N) is 1. The molecule has 2 nitrogen and oxygen atoms in total. The van der Waals surface area contributed by atoms with Gasteiger partial charge < -0.3 is 5.73 Å². The smallest absolute Gasteiger partial charge is 0.168 e. The highest BCUT2D eigenvalue weighted by Gasteiger charge is 2.10. The molecule has 0 aliphatic heterocycles. The molecule has 0 atom stereocenters. The Bertz CT molecular complexity index is 509. The van der Waals surface area contributed by atoms with Gasteiger partial charge in [-0.25, -0.2) is 13.8 Å². The minimum absolute atomic E-state index is 0.194. The summed E-state index contributed by atoms with van der Waals surface area (Å²) in [6, 6.07) is 4.08. The SMILES string of the molecule is Cc1nc(N)cc2ccc(F)c(F)c12. The molecule has 2 N–H and O–H groups in total. The lowest BCUT2D eigenvalue weighted by atomic mass is 10.1. The maximum absolute atomic E-state index is 13.3.